The van der Waals surface area contributed by atoms with Crippen molar-refractivity contribution in [3.8, 4) is 0 Å². The summed E-state index contributed by atoms with van der Waals surface area (Å²) in [5, 5.41) is 0. The Kier molecular flexibility index (Phi) is 4.59. The quantitative estimate of drug-likeness (QED) is 0.656. The second-order valence-electron chi connectivity index (χ2n) is 8.28. The first kappa shape index (κ1) is 17.7. The van der Waals surface area contributed by atoms with Crippen molar-refractivity contribution in [2.75, 3.05) is 24.6 Å². The zero-order valence-corrected chi connectivity index (χ0v) is 16.7. The Morgan fingerprint density at radius 3 is 2.54 bits per heavy atom. The van der Waals surface area contributed by atoms with Gasteiger partial charge in [-0.15, -0.1) is 0 Å². The lowest BCUT2D eigenvalue weighted by Crippen LogP contribution is -2.45. The first-order chi connectivity index (χ1) is 13.8. The fourth-order valence-electron chi connectivity index (χ4n) is 4.81. The van der Waals surface area contributed by atoms with Crippen LogP contribution in [0.25, 0.3) is 11.0 Å². The van der Waals surface area contributed by atoms with E-state index in [0.29, 0.717) is 0 Å². The molecule has 0 amide bonds. The summed E-state index contributed by atoms with van der Waals surface area (Å²) in [5.41, 5.74) is 5.15. The molecule has 3 aromatic rings. The van der Waals surface area contributed by atoms with Crippen LogP contribution in [0.15, 0.2) is 48.5 Å². The van der Waals surface area contributed by atoms with Crippen molar-refractivity contribution < 1.29 is 4.74 Å². The van der Waals surface area contributed by atoms with Gasteiger partial charge in [0.15, 0.2) is 0 Å². The van der Waals surface area contributed by atoms with E-state index >= 15 is 0 Å². The number of nitrogens with zero attached hydrogens (tertiary/aromatic N) is 3. The van der Waals surface area contributed by atoms with Crippen LogP contribution in [0.1, 0.15) is 43.7 Å². The lowest BCUT2D eigenvalue weighted by Gasteiger charge is -2.39. The number of hydrogen-bond acceptors (Lipinski definition) is 3. The number of rotatable bonds is 4. The summed E-state index contributed by atoms with van der Waals surface area (Å²) in [7, 11) is 0. The van der Waals surface area contributed by atoms with E-state index in [1.807, 2.05) is 0 Å². The van der Waals surface area contributed by atoms with E-state index in [9.17, 15) is 0 Å². The van der Waals surface area contributed by atoms with E-state index in [4.69, 9.17) is 9.72 Å². The molecular formula is C24H29N3O. The van der Waals surface area contributed by atoms with Gasteiger partial charge in [-0.1, -0.05) is 43.3 Å². The van der Waals surface area contributed by atoms with Crippen LogP contribution >= 0.6 is 0 Å². The highest BCUT2D eigenvalue weighted by molar-refractivity contribution is 5.80. The molecule has 0 saturated carbocycles. The standard InChI is InChI=1S/C24H29N3O/c1-2-19-9-10-22-21(17-19)25-23(27(22)18-20-7-4-3-5-8-20)26-14-12-24(13-15-26)11-6-16-28-24/h3-5,7-10,17H,2,6,11-16,18H2,1H3. The van der Waals surface area contributed by atoms with Crippen molar-refractivity contribution in [3.05, 3.63) is 59.7 Å². The van der Waals surface area contributed by atoms with Gasteiger partial charge in [-0.05, 0) is 55.4 Å². The first-order valence-electron chi connectivity index (χ1n) is 10.7. The third kappa shape index (κ3) is 3.20. The minimum Gasteiger partial charge on any atom is -0.375 e. The summed E-state index contributed by atoms with van der Waals surface area (Å²) < 4.78 is 8.53. The Morgan fingerprint density at radius 1 is 1.00 bits per heavy atom. The molecule has 0 atom stereocenters. The van der Waals surface area contributed by atoms with Crippen LogP contribution in [0, 0.1) is 0 Å². The van der Waals surface area contributed by atoms with Gasteiger partial charge in [-0.3, -0.25) is 0 Å². The Morgan fingerprint density at radius 2 is 1.82 bits per heavy atom. The van der Waals surface area contributed by atoms with Crippen molar-refractivity contribution in [1.82, 2.24) is 9.55 Å². The van der Waals surface area contributed by atoms with E-state index in [1.165, 1.54) is 29.5 Å². The van der Waals surface area contributed by atoms with Crippen molar-refractivity contribution in [2.45, 2.75) is 51.2 Å². The highest BCUT2D eigenvalue weighted by atomic mass is 16.5. The molecule has 28 heavy (non-hydrogen) atoms. The summed E-state index contributed by atoms with van der Waals surface area (Å²) in [6.07, 6.45) is 5.71. The molecule has 4 nitrogen and oxygen atoms in total. The lowest BCUT2D eigenvalue weighted by atomic mass is 9.89. The maximum absolute atomic E-state index is 6.13. The summed E-state index contributed by atoms with van der Waals surface area (Å²) in [6, 6.07) is 17.5. The topological polar surface area (TPSA) is 30.3 Å². The first-order valence-corrected chi connectivity index (χ1v) is 10.7. The van der Waals surface area contributed by atoms with Crippen LogP contribution in [0.5, 0.6) is 0 Å². The molecular weight excluding hydrogens is 346 g/mol. The number of piperidine rings is 1. The second-order valence-corrected chi connectivity index (χ2v) is 8.28. The molecule has 2 aromatic carbocycles. The van der Waals surface area contributed by atoms with E-state index in [2.05, 4.69) is 64.9 Å². The van der Waals surface area contributed by atoms with Gasteiger partial charge < -0.3 is 14.2 Å². The van der Waals surface area contributed by atoms with Crippen LogP contribution in [-0.2, 0) is 17.7 Å². The Balaban J connectivity index is 1.50. The fourth-order valence-corrected chi connectivity index (χ4v) is 4.81. The van der Waals surface area contributed by atoms with Gasteiger partial charge in [0.25, 0.3) is 0 Å². The molecule has 4 heteroatoms. The number of aromatic nitrogens is 2. The summed E-state index contributed by atoms with van der Waals surface area (Å²) in [4.78, 5) is 7.58. The smallest absolute Gasteiger partial charge is 0.206 e. The van der Waals surface area contributed by atoms with E-state index in [-0.39, 0.29) is 5.60 Å². The van der Waals surface area contributed by atoms with Crippen LogP contribution in [0.4, 0.5) is 5.95 Å². The summed E-state index contributed by atoms with van der Waals surface area (Å²) in [6.45, 7) is 6.05. The van der Waals surface area contributed by atoms with Crippen LogP contribution in [0.3, 0.4) is 0 Å². The molecule has 0 aliphatic carbocycles. The number of ether oxygens (including phenoxy) is 1. The largest absolute Gasteiger partial charge is 0.375 e. The van der Waals surface area contributed by atoms with Crippen molar-refractivity contribution >= 4 is 17.0 Å². The third-order valence-corrected chi connectivity index (χ3v) is 6.53. The van der Waals surface area contributed by atoms with E-state index in [1.54, 1.807) is 0 Å². The predicted octanol–water partition coefficient (Wildman–Crippen LogP) is 4.80. The van der Waals surface area contributed by atoms with Crippen LogP contribution in [-0.4, -0.2) is 34.8 Å². The zero-order valence-electron chi connectivity index (χ0n) is 16.7. The average Bonchev–Trinajstić information content (AvgIpc) is 3.34. The lowest BCUT2D eigenvalue weighted by molar-refractivity contribution is -0.0148. The second kappa shape index (κ2) is 7.25. The van der Waals surface area contributed by atoms with E-state index < -0.39 is 0 Å². The normalized spacial score (nSPS) is 19.0. The molecule has 1 aromatic heterocycles. The number of aryl methyl sites for hydroxylation is 1. The molecule has 2 fully saturated rings. The molecule has 5 rings (SSSR count). The zero-order chi connectivity index (χ0) is 19.0. The van der Waals surface area contributed by atoms with Crippen LogP contribution in [0.2, 0.25) is 0 Å². The number of hydrogen-bond donors (Lipinski definition) is 0. The van der Waals surface area contributed by atoms with Gasteiger partial charge >= 0.3 is 0 Å². The molecule has 0 unspecified atom stereocenters. The maximum atomic E-state index is 6.13. The summed E-state index contributed by atoms with van der Waals surface area (Å²) >= 11 is 0. The Hall–Kier alpha value is -2.33. The third-order valence-electron chi connectivity index (χ3n) is 6.53. The Bertz CT molecular complexity index is 947. The SMILES string of the molecule is CCc1ccc2c(c1)nc(N1CCC3(CCCO3)CC1)n2Cc1ccccc1. The number of anilines is 1. The van der Waals surface area contributed by atoms with Crippen molar-refractivity contribution in [1.29, 1.82) is 0 Å². The Labute approximate surface area is 167 Å². The molecule has 0 radical (unpaired) electrons. The highest BCUT2D eigenvalue weighted by Crippen LogP contribution is 2.37. The van der Waals surface area contributed by atoms with E-state index in [0.717, 1.165) is 57.0 Å². The fraction of sp³-hybridized carbons (Fsp3) is 0.458. The van der Waals surface area contributed by atoms with Gasteiger partial charge in [-0.25, -0.2) is 4.98 Å². The van der Waals surface area contributed by atoms with Gasteiger partial charge in [0.2, 0.25) is 5.95 Å². The van der Waals surface area contributed by atoms with Gasteiger partial charge in [0.05, 0.1) is 23.2 Å². The highest BCUT2D eigenvalue weighted by Gasteiger charge is 2.39. The average molecular weight is 376 g/mol. The van der Waals surface area contributed by atoms with Crippen molar-refractivity contribution in [2.24, 2.45) is 0 Å². The van der Waals surface area contributed by atoms with Gasteiger partial charge in [-0.2, -0.15) is 0 Å². The molecule has 2 saturated heterocycles. The van der Waals surface area contributed by atoms with Gasteiger partial charge in [0, 0.05) is 19.7 Å². The minimum absolute atomic E-state index is 0.141. The molecule has 146 valence electrons. The number of benzene rings is 2. The maximum Gasteiger partial charge on any atom is 0.206 e. The monoisotopic (exact) mass is 375 g/mol. The molecule has 0 N–H and O–H groups in total. The predicted molar refractivity (Wildman–Crippen MR) is 114 cm³/mol. The molecule has 0 bridgehead atoms. The number of imidazole rings is 1. The summed E-state index contributed by atoms with van der Waals surface area (Å²) in [5.74, 6) is 1.11. The molecule has 1 spiro atoms. The molecule has 2 aliphatic heterocycles. The minimum atomic E-state index is 0.141. The number of fused-ring (bicyclic) bond motifs is 1. The molecule has 3 heterocycles. The van der Waals surface area contributed by atoms with Crippen molar-refractivity contribution in [3.63, 3.8) is 0 Å². The molecule has 2 aliphatic rings. The van der Waals surface area contributed by atoms with Gasteiger partial charge in [0.1, 0.15) is 0 Å². The van der Waals surface area contributed by atoms with Crippen LogP contribution < -0.4 is 4.90 Å².